The Morgan fingerprint density at radius 2 is 1.64 bits per heavy atom. The van der Waals surface area contributed by atoms with Gasteiger partial charge in [-0.25, -0.2) is 9.69 Å². The Bertz CT molecular complexity index is 990. The fourth-order valence-corrected chi connectivity index (χ4v) is 3.15. The monoisotopic (exact) mass is 380 g/mol. The molecule has 1 fully saturated rings. The minimum atomic E-state index is -0.783. The van der Waals surface area contributed by atoms with Gasteiger partial charge < -0.3 is 9.47 Å². The largest absolute Gasteiger partial charge is 0.493 e. The van der Waals surface area contributed by atoms with Crippen molar-refractivity contribution in [2.24, 2.45) is 0 Å². The average molecular weight is 380 g/mol. The van der Waals surface area contributed by atoms with E-state index in [4.69, 9.17) is 9.47 Å². The van der Waals surface area contributed by atoms with Crippen LogP contribution in [0.4, 0.5) is 10.5 Å². The second-order valence-corrected chi connectivity index (χ2v) is 6.39. The van der Waals surface area contributed by atoms with Gasteiger partial charge in [-0.3, -0.25) is 14.9 Å². The Morgan fingerprint density at radius 1 is 0.964 bits per heavy atom. The summed E-state index contributed by atoms with van der Waals surface area (Å²) in [5.41, 5.74) is 2.50. The van der Waals surface area contributed by atoms with E-state index in [2.05, 4.69) is 5.32 Å². The van der Waals surface area contributed by atoms with Gasteiger partial charge in [-0.1, -0.05) is 18.2 Å². The molecular weight excluding hydrogens is 360 g/mol. The Kier molecular flexibility index (Phi) is 5.17. The summed E-state index contributed by atoms with van der Waals surface area (Å²) in [4.78, 5) is 38.7. The summed E-state index contributed by atoms with van der Waals surface area (Å²) in [6.07, 6.45) is 1.39. The van der Waals surface area contributed by atoms with E-state index in [1.54, 1.807) is 30.3 Å². The van der Waals surface area contributed by atoms with Gasteiger partial charge >= 0.3 is 6.03 Å². The number of aryl methyl sites for hydroxylation is 2. The Morgan fingerprint density at radius 3 is 2.25 bits per heavy atom. The van der Waals surface area contributed by atoms with Crippen molar-refractivity contribution in [3.05, 3.63) is 58.7 Å². The third-order valence-electron chi connectivity index (χ3n) is 4.30. The summed E-state index contributed by atoms with van der Waals surface area (Å²) in [5.74, 6) is -0.625. The molecule has 7 nitrogen and oxygen atoms in total. The number of carbonyl (C=O) groups is 3. The van der Waals surface area contributed by atoms with Gasteiger partial charge in [-0.15, -0.1) is 0 Å². The highest BCUT2D eigenvalue weighted by Gasteiger charge is 2.37. The molecule has 1 aliphatic heterocycles. The van der Waals surface area contributed by atoms with Crippen LogP contribution < -0.4 is 19.7 Å². The van der Waals surface area contributed by atoms with Crippen LogP contribution in [0, 0.1) is 13.8 Å². The normalized spacial score (nSPS) is 15.6. The van der Waals surface area contributed by atoms with E-state index >= 15 is 0 Å². The fourth-order valence-electron chi connectivity index (χ4n) is 3.15. The maximum atomic E-state index is 13.0. The molecule has 0 radical (unpaired) electrons. The molecule has 4 amide bonds. The van der Waals surface area contributed by atoms with Gasteiger partial charge in [0.05, 0.1) is 19.9 Å². The summed E-state index contributed by atoms with van der Waals surface area (Å²) < 4.78 is 10.6. The van der Waals surface area contributed by atoms with Gasteiger partial charge in [0.2, 0.25) is 0 Å². The molecule has 1 heterocycles. The van der Waals surface area contributed by atoms with E-state index < -0.39 is 17.8 Å². The van der Waals surface area contributed by atoms with Crippen molar-refractivity contribution in [3.63, 3.8) is 0 Å². The predicted octanol–water partition coefficient (Wildman–Crippen LogP) is 2.99. The molecule has 1 saturated heterocycles. The number of para-hydroxylation sites is 1. The lowest BCUT2D eigenvalue weighted by molar-refractivity contribution is -0.122. The SMILES string of the molecule is COc1cccc(/C=C2/C(=O)NC(=O)N(c3cc(C)cc(C)c3)C2=O)c1OC. The number of carbonyl (C=O) groups excluding carboxylic acids is 3. The molecule has 1 aliphatic rings. The van der Waals surface area contributed by atoms with Crippen molar-refractivity contribution in [1.82, 2.24) is 5.32 Å². The van der Waals surface area contributed by atoms with Gasteiger partial charge in [-0.05, 0) is 49.2 Å². The molecule has 0 spiro atoms. The number of benzene rings is 2. The topological polar surface area (TPSA) is 84.9 Å². The number of anilines is 1. The fraction of sp³-hybridized carbons (Fsp3) is 0.190. The minimum absolute atomic E-state index is 0.176. The van der Waals surface area contributed by atoms with E-state index in [0.717, 1.165) is 16.0 Å². The highest BCUT2D eigenvalue weighted by atomic mass is 16.5. The summed E-state index contributed by atoms with van der Waals surface area (Å²) in [6.45, 7) is 3.73. The number of rotatable bonds is 4. The molecule has 2 aromatic carbocycles. The smallest absolute Gasteiger partial charge is 0.335 e. The first-order chi connectivity index (χ1) is 13.3. The molecule has 0 saturated carbocycles. The minimum Gasteiger partial charge on any atom is -0.493 e. The second-order valence-electron chi connectivity index (χ2n) is 6.39. The highest BCUT2D eigenvalue weighted by molar-refractivity contribution is 6.39. The summed E-state index contributed by atoms with van der Waals surface area (Å²) >= 11 is 0. The van der Waals surface area contributed by atoms with Crippen LogP contribution in [-0.2, 0) is 9.59 Å². The zero-order valence-electron chi connectivity index (χ0n) is 16.0. The van der Waals surface area contributed by atoms with Crippen LogP contribution in [0.15, 0.2) is 42.0 Å². The lowest BCUT2D eigenvalue weighted by Gasteiger charge is -2.27. The number of ether oxygens (including phenoxy) is 2. The van der Waals surface area contributed by atoms with Crippen molar-refractivity contribution in [2.75, 3.05) is 19.1 Å². The van der Waals surface area contributed by atoms with Crippen LogP contribution >= 0.6 is 0 Å². The number of nitrogens with zero attached hydrogens (tertiary/aromatic N) is 1. The molecule has 1 N–H and O–H groups in total. The van der Waals surface area contributed by atoms with Crippen LogP contribution in [0.5, 0.6) is 11.5 Å². The van der Waals surface area contributed by atoms with Crippen molar-refractivity contribution in [1.29, 1.82) is 0 Å². The van der Waals surface area contributed by atoms with E-state index in [1.165, 1.54) is 20.3 Å². The Balaban J connectivity index is 2.09. The number of nitrogens with one attached hydrogen (secondary N) is 1. The van der Waals surface area contributed by atoms with Crippen molar-refractivity contribution in [3.8, 4) is 11.5 Å². The number of imide groups is 2. The van der Waals surface area contributed by atoms with E-state index in [-0.39, 0.29) is 5.57 Å². The van der Waals surface area contributed by atoms with Crippen LogP contribution in [0.2, 0.25) is 0 Å². The number of amides is 4. The van der Waals surface area contributed by atoms with Crippen LogP contribution in [-0.4, -0.2) is 32.1 Å². The lowest BCUT2D eigenvalue weighted by atomic mass is 10.0. The first kappa shape index (κ1) is 19.2. The molecule has 144 valence electrons. The number of hydrogen-bond acceptors (Lipinski definition) is 5. The number of urea groups is 1. The molecule has 0 aromatic heterocycles. The molecule has 0 unspecified atom stereocenters. The van der Waals surface area contributed by atoms with Crippen molar-refractivity contribution >= 4 is 29.6 Å². The van der Waals surface area contributed by atoms with Gasteiger partial charge in [-0.2, -0.15) is 0 Å². The van der Waals surface area contributed by atoms with Crippen LogP contribution in [0.25, 0.3) is 6.08 Å². The number of methoxy groups -OCH3 is 2. The highest BCUT2D eigenvalue weighted by Crippen LogP contribution is 2.33. The zero-order valence-corrected chi connectivity index (χ0v) is 16.0. The maximum Gasteiger partial charge on any atom is 0.335 e. The van der Waals surface area contributed by atoms with Gasteiger partial charge in [0.1, 0.15) is 5.57 Å². The lowest BCUT2D eigenvalue weighted by Crippen LogP contribution is -2.54. The molecule has 0 aliphatic carbocycles. The summed E-state index contributed by atoms with van der Waals surface area (Å²) in [7, 11) is 2.96. The van der Waals surface area contributed by atoms with Gasteiger partial charge in [0, 0.05) is 5.56 Å². The molecule has 7 heteroatoms. The molecule has 0 atom stereocenters. The third kappa shape index (κ3) is 3.46. The van der Waals surface area contributed by atoms with Crippen molar-refractivity contribution in [2.45, 2.75) is 13.8 Å². The average Bonchev–Trinajstić information content (AvgIpc) is 2.63. The molecule has 2 aromatic rings. The maximum absolute atomic E-state index is 13.0. The molecular formula is C21H20N2O5. The van der Waals surface area contributed by atoms with E-state index in [1.807, 2.05) is 19.9 Å². The van der Waals surface area contributed by atoms with Crippen molar-refractivity contribution < 1.29 is 23.9 Å². The molecule has 28 heavy (non-hydrogen) atoms. The number of barbiturate groups is 1. The first-order valence-electron chi connectivity index (χ1n) is 8.56. The molecule has 0 bridgehead atoms. The Labute approximate surface area is 162 Å². The standard InChI is InChI=1S/C21H20N2O5/c1-12-8-13(2)10-15(9-12)23-20(25)16(19(24)22-21(23)26)11-14-6-5-7-17(27-3)18(14)28-4/h5-11H,1-4H3,(H,22,24,26)/b16-11-. The van der Waals surface area contributed by atoms with Crippen LogP contribution in [0.3, 0.4) is 0 Å². The van der Waals surface area contributed by atoms with Gasteiger partial charge in [0.25, 0.3) is 11.8 Å². The summed E-state index contributed by atoms with van der Waals surface area (Å²) in [5, 5.41) is 2.22. The molecule has 3 rings (SSSR count). The summed E-state index contributed by atoms with van der Waals surface area (Å²) in [6, 6.07) is 9.68. The Hall–Kier alpha value is -3.61. The second kappa shape index (κ2) is 7.56. The first-order valence-corrected chi connectivity index (χ1v) is 8.56. The van der Waals surface area contributed by atoms with E-state index in [0.29, 0.717) is 22.7 Å². The predicted molar refractivity (Wildman–Crippen MR) is 104 cm³/mol. The zero-order chi connectivity index (χ0) is 20.4. The third-order valence-corrected chi connectivity index (χ3v) is 4.30. The van der Waals surface area contributed by atoms with E-state index in [9.17, 15) is 14.4 Å². The van der Waals surface area contributed by atoms with Crippen LogP contribution in [0.1, 0.15) is 16.7 Å². The quantitative estimate of drug-likeness (QED) is 0.651. The number of hydrogen-bond donors (Lipinski definition) is 1. The van der Waals surface area contributed by atoms with Gasteiger partial charge in [0.15, 0.2) is 11.5 Å².